The van der Waals surface area contributed by atoms with E-state index in [1.165, 1.54) is 0 Å². The molecule has 0 spiro atoms. The lowest BCUT2D eigenvalue weighted by Gasteiger charge is -2.03. The number of carbonyl (C=O) groups is 1. The zero-order valence-corrected chi connectivity index (χ0v) is 9.33. The van der Waals surface area contributed by atoms with Crippen LogP contribution in [-0.2, 0) is 0 Å². The summed E-state index contributed by atoms with van der Waals surface area (Å²) in [5.74, 6) is 0.960. The Bertz CT molecular complexity index is 583. The lowest BCUT2D eigenvalue weighted by Crippen LogP contribution is -2.09. The predicted molar refractivity (Wildman–Crippen MR) is 61.8 cm³/mol. The van der Waals surface area contributed by atoms with Crippen molar-refractivity contribution in [1.82, 2.24) is 4.98 Å². The molecule has 0 unspecified atom stereocenters. The Morgan fingerprint density at radius 1 is 1.17 bits per heavy atom. The maximum atomic E-state index is 11.9. The number of nitrogens with zero attached hydrogens (tertiary/aromatic N) is 1. The van der Waals surface area contributed by atoms with E-state index in [1.54, 1.807) is 42.6 Å². The number of ether oxygens (including phenoxy) is 3. The minimum absolute atomic E-state index is 0.175. The van der Waals surface area contributed by atoms with Crippen LogP contribution < -0.4 is 14.2 Å². The highest BCUT2D eigenvalue weighted by molar-refractivity contribution is 5.91. The minimum Gasteiger partial charge on any atom is -0.454 e. The van der Waals surface area contributed by atoms with Crippen LogP contribution in [0.5, 0.6) is 17.4 Å². The Labute approximate surface area is 103 Å². The van der Waals surface area contributed by atoms with Gasteiger partial charge in [-0.2, -0.15) is 0 Å². The Morgan fingerprint density at radius 3 is 2.89 bits per heavy atom. The highest BCUT2D eigenvalue weighted by Gasteiger charge is 2.17. The largest absolute Gasteiger partial charge is 0.454 e. The summed E-state index contributed by atoms with van der Waals surface area (Å²) in [4.78, 5) is 15.8. The van der Waals surface area contributed by atoms with Gasteiger partial charge in [0, 0.05) is 12.3 Å². The van der Waals surface area contributed by atoms with E-state index in [0.29, 0.717) is 17.1 Å². The third-order valence-electron chi connectivity index (χ3n) is 2.44. The van der Waals surface area contributed by atoms with E-state index in [4.69, 9.17) is 14.2 Å². The van der Waals surface area contributed by atoms with Gasteiger partial charge in [0.25, 0.3) is 0 Å². The van der Waals surface area contributed by atoms with Gasteiger partial charge in [0.15, 0.2) is 11.5 Å². The third kappa shape index (κ3) is 1.98. The normalized spacial score (nSPS) is 12.2. The van der Waals surface area contributed by atoms with Gasteiger partial charge < -0.3 is 14.2 Å². The molecule has 0 atom stereocenters. The minimum atomic E-state index is -0.480. The van der Waals surface area contributed by atoms with Crippen molar-refractivity contribution in [3.63, 3.8) is 0 Å². The Morgan fingerprint density at radius 2 is 2.06 bits per heavy atom. The fourth-order valence-corrected chi connectivity index (χ4v) is 1.58. The standard InChI is InChI=1S/C13H9NO4/c15-13(18-12-3-1-2-6-14-12)9-4-5-10-11(7-9)17-8-16-10/h1-7H,8H2. The average molecular weight is 243 g/mol. The molecule has 1 aromatic carbocycles. The van der Waals surface area contributed by atoms with Crippen molar-refractivity contribution in [3.8, 4) is 17.4 Å². The Kier molecular flexibility index (Phi) is 2.57. The summed E-state index contributed by atoms with van der Waals surface area (Å²) >= 11 is 0. The topological polar surface area (TPSA) is 57.7 Å². The number of aromatic nitrogens is 1. The van der Waals surface area contributed by atoms with Crippen molar-refractivity contribution in [2.45, 2.75) is 0 Å². The van der Waals surface area contributed by atoms with E-state index in [9.17, 15) is 4.79 Å². The molecule has 0 saturated heterocycles. The van der Waals surface area contributed by atoms with Crippen LogP contribution >= 0.6 is 0 Å². The molecule has 1 aromatic heterocycles. The second kappa shape index (κ2) is 4.37. The van der Waals surface area contributed by atoms with Crippen molar-refractivity contribution in [2.24, 2.45) is 0 Å². The highest BCUT2D eigenvalue weighted by atomic mass is 16.7. The van der Waals surface area contributed by atoms with Crippen LogP contribution in [0.15, 0.2) is 42.6 Å². The van der Waals surface area contributed by atoms with Crippen LogP contribution in [0.1, 0.15) is 10.4 Å². The lowest BCUT2D eigenvalue weighted by molar-refractivity contribution is 0.0727. The van der Waals surface area contributed by atoms with Crippen LogP contribution in [0.4, 0.5) is 0 Å². The van der Waals surface area contributed by atoms with E-state index in [2.05, 4.69) is 4.98 Å². The molecule has 0 radical (unpaired) electrons. The molecule has 0 N–H and O–H groups in total. The second-order valence-electron chi connectivity index (χ2n) is 3.63. The molecule has 0 bridgehead atoms. The molecular formula is C13H9NO4. The fourth-order valence-electron chi connectivity index (χ4n) is 1.58. The molecule has 2 heterocycles. The molecule has 5 nitrogen and oxygen atoms in total. The number of hydrogen-bond acceptors (Lipinski definition) is 5. The number of fused-ring (bicyclic) bond motifs is 1. The second-order valence-corrected chi connectivity index (χ2v) is 3.63. The van der Waals surface area contributed by atoms with Crippen LogP contribution in [0, 0.1) is 0 Å². The molecule has 0 fully saturated rings. The summed E-state index contributed by atoms with van der Waals surface area (Å²) in [5.41, 5.74) is 0.393. The molecule has 0 saturated carbocycles. The van der Waals surface area contributed by atoms with Crippen molar-refractivity contribution in [3.05, 3.63) is 48.2 Å². The van der Waals surface area contributed by atoms with Crippen molar-refractivity contribution in [1.29, 1.82) is 0 Å². The first-order valence-corrected chi connectivity index (χ1v) is 5.36. The van der Waals surface area contributed by atoms with E-state index in [1.807, 2.05) is 0 Å². The van der Waals surface area contributed by atoms with Crippen molar-refractivity contribution >= 4 is 5.97 Å². The SMILES string of the molecule is O=C(Oc1ccccn1)c1ccc2c(c1)OCO2. The molecule has 1 aliphatic heterocycles. The maximum Gasteiger partial charge on any atom is 0.344 e. The van der Waals surface area contributed by atoms with Crippen LogP contribution in [0.3, 0.4) is 0 Å². The Balaban J connectivity index is 1.81. The molecule has 5 heteroatoms. The summed E-state index contributed by atoms with van der Waals surface area (Å²) in [6.45, 7) is 0.175. The van der Waals surface area contributed by atoms with E-state index in [-0.39, 0.29) is 12.7 Å². The third-order valence-corrected chi connectivity index (χ3v) is 2.44. The molecule has 2 aromatic rings. The van der Waals surface area contributed by atoms with Gasteiger partial charge in [0.1, 0.15) is 0 Å². The predicted octanol–water partition coefficient (Wildman–Crippen LogP) is 2.03. The summed E-state index contributed by atoms with van der Waals surface area (Å²) < 4.78 is 15.5. The average Bonchev–Trinajstić information content (AvgIpc) is 2.87. The first-order chi connectivity index (χ1) is 8.83. The van der Waals surface area contributed by atoms with Gasteiger partial charge in [0.2, 0.25) is 12.7 Å². The molecular weight excluding hydrogens is 234 g/mol. The van der Waals surface area contributed by atoms with E-state index >= 15 is 0 Å². The number of pyridine rings is 1. The van der Waals surface area contributed by atoms with Gasteiger partial charge in [-0.25, -0.2) is 9.78 Å². The van der Waals surface area contributed by atoms with Gasteiger partial charge in [-0.15, -0.1) is 0 Å². The quantitative estimate of drug-likeness (QED) is 0.755. The number of hydrogen-bond donors (Lipinski definition) is 0. The van der Waals surface area contributed by atoms with Gasteiger partial charge in [0.05, 0.1) is 5.56 Å². The van der Waals surface area contributed by atoms with Crippen LogP contribution in [0.2, 0.25) is 0 Å². The highest BCUT2D eigenvalue weighted by Crippen LogP contribution is 2.32. The lowest BCUT2D eigenvalue weighted by atomic mass is 10.2. The first-order valence-electron chi connectivity index (χ1n) is 5.36. The summed E-state index contributed by atoms with van der Waals surface area (Å²) in [6.07, 6.45) is 1.56. The zero-order chi connectivity index (χ0) is 12.4. The maximum absolute atomic E-state index is 11.9. The number of benzene rings is 1. The van der Waals surface area contributed by atoms with Gasteiger partial charge >= 0.3 is 5.97 Å². The molecule has 90 valence electrons. The summed E-state index contributed by atoms with van der Waals surface area (Å²) in [7, 11) is 0. The number of rotatable bonds is 2. The molecule has 0 amide bonds. The first kappa shape index (κ1) is 10.6. The molecule has 0 aliphatic carbocycles. The van der Waals surface area contributed by atoms with Crippen molar-refractivity contribution in [2.75, 3.05) is 6.79 Å². The molecule has 18 heavy (non-hydrogen) atoms. The van der Waals surface area contributed by atoms with E-state index in [0.717, 1.165) is 0 Å². The zero-order valence-electron chi connectivity index (χ0n) is 9.33. The summed E-state index contributed by atoms with van der Waals surface area (Å²) in [5, 5.41) is 0. The summed E-state index contributed by atoms with van der Waals surface area (Å²) in [6, 6.07) is 10.0. The molecule has 1 aliphatic rings. The van der Waals surface area contributed by atoms with Crippen LogP contribution in [-0.4, -0.2) is 17.7 Å². The monoisotopic (exact) mass is 243 g/mol. The number of carbonyl (C=O) groups excluding carboxylic acids is 1. The fraction of sp³-hybridized carbons (Fsp3) is 0.0769. The Hall–Kier alpha value is -2.56. The van der Waals surface area contributed by atoms with Gasteiger partial charge in [-0.1, -0.05) is 6.07 Å². The van der Waals surface area contributed by atoms with Crippen LogP contribution in [0.25, 0.3) is 0 Å². The van der Waals surface area contributed by atoms with Crippen molar-refractivity contribution < 1.29 is 19.0 Å². The van der Waals surface area contributed by atoms with Gasteiger partial charge in [-0.3, -0.25) is 0 Å². The van der Waals surface area contributed by atoms with Gasteiger partial charge in [-0.05, 0) is 24.3 Å². The molecule has 3 rings (SSSR count). The smallest absolute Gasteiger partial charge is 0.344 e. The van der Waals surface area contributed by atoms with E-state index < -0.39 is 5.97 Å². The number of esters is 1.